The Bertz CT molecular complexity index is 699. The van der Waals surface area contributed by atoms with Gasteiger partial charge in [0.25, 0.3) is 5.91 Å². The van der Waals surface area contributed by atoms with Gasteiger partial charge in [-0.15, -0.1) is 0 Å². The van der Waals surface area contributed by atoms with E-state index < -0.39 is 0 Å². The Morgan fingerprint density at radius 3 is 2.70 bits per heavy atom. The molecule has 120 valence electrons. The van der Waals surface area contributed by atoms with E-state index in [0.717, 1.165) is 30.6 Å². The van der Waals surface area contributed by atoms with Crippen LogP contribution < -0.4 is 10.6 Å². The number of hydrogen-bond acceptors (Lipinski definition) is 3. The van der Waals surface area contributed by atoms with Crippen molar-refractivity contribution in [2.45, 2.75) is 25.3 Å². The highest BCUT2D eigenvalue weighted by molar-refractivity contribution is 6.35. The fraction of sp³-hybridized carbons (Fsp3) is 0.294. The highest BCUT2D eigenvalue weighted by Gasteiger charge is 2.23. The number of anilines is 1. The van der Waals surface area contributed by atoms with Crippen LogP contribution in [-0.2, 0) is 6.42 Å². The maximum Gasteiger partial charge on any atom is 0.253 e. The molecule has 0 saturated heterocycles. The molecule has 6 heteroatoms. The summed E-state index contributed by atoms with van der Waals surface area (Å²) in [4.78, 5) is 16.1. The SMILES string of the molecule is O=C(NC1CC1)c1ccc(NCCc2ccc(Cl)cc2Cl)nc1. The van der Waals surface area contributed by atoms with Crippen molar-refractivity contribution in [1.29, 1.82) is 0 Å². The molecule has 1 aliphatic rings. The second kappa shape index (κ2) is 7.20. The van der Waals surface area contributed by atoms with Crippen LogP contribution in [0.1, 0.15) is 28.8 Å². The molecule has 23 heavy (non-hydrogen) atoms. The number of nitrogens with zero attached hydrogens (tertiary/aromatic N) is 1. The quantitative estimate of drug-likeness (QED) is 0.830. The van der Waals surface area contributed by atoms with Crippen molar-refractivity contribution in [3.05, 3.63) is 57.7 Å². The molecule has 0 bridgehead atoms. The van der Waals surface area contributed by atoms with Gasteiger partial charge in [-0.3, -0.25) is 4.79 Å². The van der Waals surface area contributed by atoms with Crippen LogP contribution in [0.2, 0.25) is 10.0 Å². The van der Waals surface area contributed by atoms with Crippen molar-refractivity contribution in [3.8, 4) is 0 Å². The molecule has 1 saturated carbocycles. The minimum absolute atomic E-state index is 0.0560. The summed E-state index contributed by atoms with van der Waals surface area (Å²) in [5.41, 5.74) is 1.62. The monoisotopic (exact) mass is 349 g/mol. The Labute approximate surface area is 145 Å². The molecular formula is C17H17Cl2N3O. The molecule has 3 rings (SSSR count). The molecule has 1 aromatic heterocycles. The van der Waals surface area contributed by atoms with Crippen LogP contribution in [0.25, 0.3) is 0 Å². The lowest BCUT2D eigenvalue weighted by Crippen LogP contribution is -2.25. The van der Waals surface area contributed by atoms with Gasteiger partial charge in [0, 0.05) is 28.8 Å². The fourth-order valence-electron chi connectivity index (χ4n) is 2.18. The van der Waals surface area contributed by atoms with Gasteiger partial charge in [0.15, 0.2) is 0 Å². The van der Waals surface area contributed by atoms with Gasteiger partial charge < -0.3 is 10.6 Å². The van der Waals surface area contributed by atoms with E-state index in [1.54, 1.807) is 18.3 Å². The van der Waals surface area contributed by atoms with E-state index in [-0.39, 0.29) is 5.91 Å². The van der Waals surface area contributed by atoms with Gasteiger partial charge in [-0.2, -0.15) is 0 Å². The zero-order valence-corrected chi connectivity index (χ0v) is 14.0. The molecular weight excluding hydrogens is 333 g/mol. The van der Waals surface area contributed by atoms with Gasteiger partial charge >= 0.3 is 0 Å². The fourth-order valence-corrected chi connectivity index (χ4v) is 2.68. The molecule has 0 radical (unpaired) electrons. The van der Waals surface area contributed by atoms with E-state index in [0.29, 0.717) is 28.2 Å². The smallest absolute Gasteiger partial charge is 0.253 e. The Kier molecular flexibility index (Phi) is 5.03. The van der Waals surface area contributed by atoms with E-state index in [4.69, 9.17) is 23.2 Å². The molecule has 0 spiro atoms. The van der Waals surface area contributed by atoms with E-state index in [2.05, 4.69) is 15.6 Å². The van der Waals surface area contributed by atoms with Crippen molar-refractivity contribution in [2.24, 2.45) is 0 Å². The van der Waals surface area contributed by atoms with E-state index in [1.807, 2.05) is 18.2 Å². The number of benzene rings is 1. The van der Waals surface area contributed by atoms with Gasteiger partial charge in [-0.05, 0) is 49.1 Å². The first-order valence-corrected chi connectivity index (χ1v) is 8.32. The number of nitrogens with one attached hydrogen (secondary N) is 2. The van der Waals surface area contributed by atoms with Gasteiger partial charge in [0.1, 0.15) is 5.82 Å². The van der Waals surface area contributed by atoms with Gasteiger partial charge in [0.05, 0.1) is 5.56 Å². The summed E-state index contributed by atoms with van der Waals surface area (Å²) in [5, 5.41) is 7.46. The molecule has 0 unspecified atom stereocenters. The van der Waals surface area contributed by atoms with Crippen molar-refractivity contribution >= 4 is 34.9 Å². The molecule has 1 aromatic carbocycles. The molecule has 2 N–H and O–H groups in total. The van der Waals surface area contributed by atoms with Crippen LogP contribution in [-0.4, -0.2) is 23.5 Å². The maximum absolute atomic E-state index is 11.9. The van der Waals surface area contributed by atoms with Gasteiger partial charge in [-0.25, -0.2) is 4.98 Å². The predicted octanol–water partition coefficient (Wildman–Crippen LogP) is 3.94. The Morgan fingerprint density at radius 1 is 1.22 bits per heavy atom. The molecule has 2 aromatic rings. The number of pyridine rings is 1. The number of aromatic nitrogens is 1. The molecule has 4 nitrogen and oxygen atoms in total. The van der Waals surface area contributed by atoms with Crippen molar-refractivity contribution in [3.63, 3.8) is 0 Å². The summed E-state index contributed by atoms with van der Waals surface area (Å²) >= 11 is 12.0. The van der Waals surface area contributed by atoms with Crippen molar-refractivity contribution in [1.82, 2.24) is 10.3 Å². The average molecular weight is 350 g/mol. The number of carbonyl (C=O) groups is 1. The number of carbonyl (C=O) groups excluding carboxylic acids is 1. The molecule has 0 aliphatic heterocycles. The molecule has 1 amide bonds. The van der Waals surface area contributed by atoms with Crippen LogP contribution in [0.4, 0.5) is 5.82 Å². The van der Waals surface area contributed by atoms with Crippen LogP contribution in [0, 0.1) is 0 Å². The third-order valence-corrected chi connectivity index (χ3v) is 4.24. The molecule has 1 aliphatic carbocycles. The third-order valence-electron chi connectivity index (χ3n) is 3.65. The second-order valence-corrected chi connectivity index (χ2v) is 6.44. The zero-order valence-electron chi connectivity index (χ0n) is 12.5. The van der Waals surface area contributed by atoms with E-state index in [1.165, 1.54) is 0 Å². The number of hydrogen-bond donors (Lipinski definition) is 2. The number of amides is 1. The summed E-state index contributed by atoms with van der Waals surface area (Å²) in [6.07, 6.45) is 4.51. The number of halogens is 2. The summed E-state index contributed by atoms with van der Waals surface area (Å²) in [7, 11) is 0. The minimum atomic E-state index is -0.0560. The van der Waals surface area contributed by atoms with E-state index >= 15 is 0 Å². The van der Waals surface area contributed by atoms with Crippen molar-refractivity contribution in [2.75, 3.05) is 11.9 Å². The second-order valence-electron chi connectivity index (χ2n) is 5.59. The van der Waals surface area contributed by atoms with Crippen LogP contribution in [0.15, 0.2) is 36.5 Å². The standard InChI is InChI=1S/C17H17Cl2N3O/c18-13-3-1-11(15(19)9-13)7-8-20-16-6-2-12(10-21-16)17(23)22-14-4-5-14/h1-3,6,9-10,14H,4-5,7-8H2,(H,20,21)(H,22,23). The first kappa shape index (κ1) is 16.1. The summed E-state index contributed by atoms with van der Waals surface area (Å²) in [6.45, 7) is 0.696. The largest absolute Gasteiger partial charge is 0.370 e. The first-order valence-electron chi connectivity index (χ1n) is 7.56. The Morgan fingerprint density at radius 2 is 2.04 bits per heavy atom. The maximum atomic E-state index is 11.9. The normalized spacial score (nSPS) is 13.7. The van der Waals surface area contributed by atoms with Crippen molar-refractivity contribution < 1.29 is 4.79 Å². The summed E-state index contributed by atoms with van der Waals surface area (Å²) in [5.74, 6) is 0.678. The van der Waals surface area contributed by atoms with Gasteiger partial charge in [0.2, 0.25) is 0 Å². The highest BCUT2D eigenvalue weighted by Crippen LogP contribution is 2.21. The third kappa shape index (κ3) is 4.60. The van der Waals surface area contributed by atoms with Crippen LogP contribution in [0.3, 0.4) is 0 Å². The lowest BCUT2D eigenvalue weighted by molar-refractivity contribution is 0.0951. The number of rotatable bonds is 6. The van der Waals surface area contributed by atoms with Crippen LogP contribution in [0.5, 0.6) is 0 Å². The highest BCUT2D eigenvalue weighted by atomic mass is 35.5. The summed E-state index contributed by atoms with van der Waals surface area (Å²) < 4.78 is 0. The van der Waals surface area contributed by atoms with Gasteiger partial charge in [-0.1, -0.05) is 29.3 Å². The average Bonchev–Trinajstić information content (AvgIpc) is 3.34. The van der Waals surface area contributed by atoms with E-state index in [9.17, 15) is 4.79 Å². The molecule has 0 atom stereocenters. The minimum Gasteiger partial charge on any atom is -0.370 e. The Balaban J connectivity index is 1.51. The lowest BCUT2D eigenvalue weighted by atomic mass is 10.1. The summed E-state index contributed by atoms with van der Waals surface area (Å²) in [6, 6.07) is 9.43. The zero-order chi connectivity index (χ0) is 16.2. The predicted molar refractivity (Wildman–Crippen MR) is 93.4 cm³/mol. The Hall–Kier alpha value is -1.78. The first-order chi connectivity index (χ1) is 11.1. The molecule has 1 heterocycles. The van der Waals surface area contributed by atoms with Crippen LogP contribution >= 0.6 is 23.2 Å². The topological polar surface area (TPSA) is 54.0 Å². The lowest BCUT2D eigenvalue weighted by Gasteiger charge is -2.08. The molecule has 1 fully saturated rings.